The number of hydrogen-bond acceptors (Lipinski definition) is 2. The maximum absolute atomic E-state index is 11.3. The predicted molar refractivity (Wildman–Crippen MR) is 65.2 cm³/mol. The molecule has 0 fully saturated rings. The van der Waals surface area contributed by atoms with Crippen molar-refractivity contribution in [1.29, 1.82) is 0 Å². The van der Waals surface area contributed by atoms with E-state index >= 15 is 0 Å². The molecule has 0 radical (unpaired) electrons. The van der Waals surface area contributed by atoms with Crippen molar-refractivity contribution in [2.24, 2.45) is 0 Å². The maximum atomic E-state index is 11.3. The van der Waals surface area contributed by atoms with Crippen LogP contribution in [0.3, 0.4) is 0 Å². The lowest BCUT2D eigenvalue weighted by Crippen LogP contribution is -2.25. The van der Waals surface area contributed by atoms with E-state index in [-0.39, 0.29) is 0 Å². The number of hydrogen-bond donors (Lipinski definition) is 1. The summed E-state index contributed by atoms with van der Waals surface area (Å²) in [5.41, 5.74) is 0. The third-order valence-electron chi connectivity index (χ3n) is 2.24. The van der Waals surface area contributed by atoms with Gasteiger partial charge < -0.3 is 5.32 Å². The summed E-state index contributed by atoms with van der Waals surface area (Å²) in [6.45, 7) is 7.48. The summed E-state index contributed by atoms with van der Waals surface area (Å²) in [5.74, 6) is 1.77. The van der Waals surface area contributed by atoms with E-state index in [0.29, 0.717) is 6.04 Å². The molecule has 1 N–H and O–H groups in total. The third kappa shape index (κ3) is 8.70. The smallest absolute Gasteiger partial charge is 0.0234 e. The van der Waals surface area contributed by atoms with Crippen molar-refractivity contribution in [2.45, 2.75) is 52.5 Å². The Labute approximate surface area is 91.3 Å². The Balaban J connectivity index is 3.24. The minimum atomic E-state index is -0.559. The first-order valence-corrected chi connectivity index (χ1v) is 7.27. The molecule has 0 heterocycles. The minimum absolute atomic E-state index is 0.559. The van der Waals surface area contributed by atoms with Crippen molar-refractivity contribution < 1.29 is 4.21 Å². The van der Waals surface area contributed by atoms with E-state index < -0.39 is 10.8 Å². The highest BCUT2D eigenvalue weighted by atomic mass is 32.2. The van der Waals surface area contributed by atoms with Crippen LogP contribution < -0.4 is 5.32 Å². The average molecular weight is 219 g/mol. The van der Waals surface area contributed by atoms with Crippen LogP contribution in [-0.4, -0.2) is 28.3 Å². The zero-order chi connectivity index (χ0) is 10.8. The molecule has 0 aliphatic rings. The second-order valence-electron chi connectivity index (χ2n) is 3.80. The van der Waals surface area contributed by atoms with Crippen LogP contribution >= 0.6 is 0 Å². The van der Waals surface area contributed by atoms with Gasteiger partial charge in [-0.1, -0.05) is 20.3 Å². The Morgan fingerprint density at radius 2 is 1.93 bits per heavy atom. The molecule has 0 aromatic rings. The van der Waals surface area contributed by atoms with Gasteiger partial charge >= 0.3 is 0 Å². The maximum Gasteiger partial charge on any atom is 0.0234 e. The van der Waals surface area contributed by atoms with Crippen molar-refractivity contribution in [2.75, 3.05) is 18.1 Å². The summed E-state index contributed by atoms with van der Waals surface area (Å²) in [5, 5.41) is 3.38. The zero-order valence-electron chi connectivity index (χ0n) is 9.84. The van der Waals surface area contributed by atoms with Crippen LogP contribution in [-0.2, 0) is 10.8 Å². The quantitative estimate of drug-likeness (QED) is 0.603. The molecule has 86 valence electrons. The first-order valence-electron chi connectivity index (χ1n) is 5.79. The van der Waals surface area contributed by atoms with Crippen LogP contribution in [0.1, 0.15) is 46.5 Å². The standard InChI is InChI=1S/C11H25NOS/c1-4-9-14(13)10-7-6-8-11(3)12-5-2/h11-12H,4-10H2,1-3H3. The lowest BCUT2D eigenvalue weighted by atomic mass is 10.1. The summed E-state index contributed by atoms with van der Waals surface area (Å²) < 4.78 is 11.3. The Hall–Kier alpha value is 0.110. The normalized spacial score (nSPS) is 15.4. The van der Waals surface area contributed by atoms with Gasteiger partial charge in [0, 0.05) is 28.3 Å². The van der Waals surface area contributed by atoms with Gasteiger partial charge in [-0.2, -0.15) is 0 Å². The molecule has 2 unspecified atom stereocenters. The van der Waals surface area contributed by atoms with Crippen LogP contribution in [0.25, 0.3) is 0 Å². The molecule has 0 bridgehead atoms. The second kappa shape index (κ2) is 9.66. The molecule has 0 amide bonds. The van der Waals surface area contributed by atoms with Crippen LogP contribution in [0.15, 0.2) is 0 Å². The highest BCUT2D eigenvalue weighted by Crippen LogP contribution is 2.02. The molecule has 0 rings (SSSR count). The Morgan fingerprint density at radius 3 is 2.50 bits per heavy atom. The topological polar surface area (TPSA) is 29.1 Å². The lowest BCUT2D eigenvalue weighted by Gasteiger charge is -2.11. The molecule has 0 saturated heterocycles. The van der Waals surface area contributed by atoms with Crippen molar-refractivity contribution in [1.82, 2.24) is 5.32 Å². The SMILES string of the molecule is CCCS(=O)CCCCC(C)NCC. The highest BCUT2D eigenvalue weighted by molar-refractivity contribution is 7.84. The van der Waals surface area contributed by atoms with Crippen molar-refractivity contribution in [3.63, 3.8) is 0 Å². The van der Waals surface area contributed by atoms with Gasteiger partial charge in [-0.25, -0.2) is 0 Å². The second-order valence-corrected chi connectivity index (χ2v) is 5.50. The molecular formula is C11H25NOS. The molecular weight excluding hydrogens is 194 g/mol. The van der Waals surface area contributed by atoms with Crippen molar-refractivity contribution in [3.05, 3.63) is 0 Å². The molecule has 3 heteroatoms. The number of unbranched alkanes of at least 4 members (excludes halogenated alkanes) is 1. The van der Waals surface area contributed by atoms with Crippen molar-refractivity contribution in [3.8, 4) is 0 Å². The van der Waals surface area contributed by atoms with E-state index in [1.165, 1.54) is 12.8 Å². The van der Waals surface area contributed by atoms with Gasteiger partial charge in [-0.15, -0.1) is 0 Å². The summed E-state index contributed by atoms with van der Waals surface area (Å²) >= 11 is 0. The molecule has 2 atom stereocenters. The summed E-state index contributed by atoms with van der Waals surface area (Å²) in [7, 11) is -0.559. The van der Waals surface area contributed by atoms with Gasteiger partial charge in [0.25, 0.3) is 0 Å². The van der Waals surface area contributed by atoms with Gasteiger partial charge in [-0.05, 0) is 32.7 Å². The Kier molecular flexibility index (Phi) is 9.73. The molecule has 0 saturated carbocycles. The van der Waals surface area contributed by atoms with Crippen molar-refractivity contribution >= 4 is 10.8 Å². The first kappa shape index (κ1) is 14.1. The van der Waals surface area contributed by atoms with Gasteiger partial charge in [-0.3, -0.25) is 4.21 Å². The number of nitrogens with one attached hydrogen (secondary N) is 1. The molecule has 0 aromatic heterocycles. The van der Waals surface area contributed by atoms with Gasteiger partial charge in [0.1, 0.15) is 0 Å². The monoisotopic (exact) mass is 219 g/mol. The minimum Gasteiger partial charge on any atom is -0.315 e. The highest BCUT2D eigenvalue weighted by Gasteiger charge is 2.01. The zero-order valence-corrected chi connectivity index (χ0v) is 10.7. The van der Waals surface area contributed by atoms with E-state index in [0.717, 1.165) is 30.9 Å². The molecule has 0 spiro atoms. The summed E-state index contributed by atoms with van der Waals surface area (Å²) in [4.78, 5) is 0. The summed E-state index contributed by atoms with van der Waals surface area (Å²) in [6, 6.07) is 0.611. The molecule has 0 aliphatic heterocycles. The Morgan fingerprint density at radius 1 is 1.21 bits per heavy atom. The van der Waals surface area contributed by atoms with Crippen LogP contribution in [0.2, 0.25) is 0 Å². The molecule has 0 aliphatic carbocycles. The fourth-order valence-electron chi connectivity index (χ4n) is 1.49. The fraction of sp³-hybridized carbons (Fsp3) is 1.00. The van der Waals surface area contributed by atoms with E-state index in [9.17, 15) is 4.21 Å². The summed E-state index contributed by atoms with van der Waals surface area (Å²) in [6.07, 6.45) is 4.56. The first-order chi connectivity index (χ1) is 6.70. The number of rotatable bonds is 9. The van der Waals surface area contributed by atoms with Gasteiger partial charge in [0.2, 0.25) is 0 Å². The van der Waals surface area contributed by atoms with E-state index in [2.05, 4.69) is 26.1 Å². The van der Waals surface area contributed by atoms with E-state index in [1.807, 2.05) is 0 Å². The van der Waals surface area contributed by atoms with Gasteiger partial charge in [0.15, 0.2) is 0 Å². The van der Waals surface area contributed by atoms with Crippen LogP contribution in [0, 0.1) is 0 Å². The third-order valence-corrected chi connectivity index (χ3v) is 3.85. The lowest BCUT2D eigenvalue weighted by molar-refractivity contribution is 0.509. The van der Waals surface area contributed by atoms with Crippen LogP contribution in [0.5, 0.6) is 0 Å². The largest absolute Gasteiger partial charge is 0.315 e. The van der Waals surface area contributed by atoms with Gasteiger partial charge in [0.05, 0.1) is 0 Å². The van der Waals surface area contributed by atoms with Crippen LogP contribution in [0.4, 0.5) is 0 Å². The van der Waals surface area contributed by atoms with E-state index in [4.69, 9.17) is 0 Å². The Bertz CT molecular complexity index is 150. The predicted octanol–water partition coefficient (Wildman–Crippen LogP) is 2.31. The molecule has 2 nitrogen and oxygen atoms in total. The van der Waals surface area contributed by atoms with E-state index in [1.54, 1.807) is 0 Å². The fourth-order valence-corrected chi connectivity index (χ4v) is 2.68. The molecule has 14 heavy (non-hydrogen) atoms. The molecule has 0 aromatic carbocycles. The average Bonchev–Trinajstić information content (AvgIpc) is 2.13.